The van der Waals surface area contributed by atoms with E-state index in [0.29, 0.717) is 12.3 Å². The number of rotatable bonds is 10. The Hall–Kier alpha value is -2.39. The van der Waals surface area contributed by atoms with Crippen LogP contribution < -0.4 is 0 Å². The monoisotopic (exact) mass is 405 g/mol. The van der Waals surface area contributed by atoms with Gasteiger partial charge in [0.25, 0.3) is 0 Å². The van der Waals surface area contributed by atoms with Crippen molar-refractivity contribution in [3.8, 4) is 0 Å². The number of carbonyl (C=O) groups is 1. The van der Waals surface area contributed by atoms with Gasteiger partial charge in [0.1, 0.15) is 0 Å². The summed E-state index contributed by atoms with van der Waals surface area (Å²) in [6.07, 6.45) is 3.58. The fourth-order valence-corrected chi connectivity index (χ4v) is 4.62. The van der Waals surface area contributed by atoms with E-state index >= 15 is 0 Å². The maximum Gasteiger partial charge on any atom is 0.222 e. The Balaban J connectivity index is 1.79. The molecule has 0 saturated carbocycles. The van der Waals surface area contributed by atoms with E-state index in [2.05, 4.69) is 90.9 Å². The Morgan fingerprint density at radius 3 is 2.10 bits per heavy atom. The number of nitrogens with zero attached hydrogens (tertiary/aromatic N) is 1. The standard InChI is InChI=1S/C26H31NOS/c1-3-4-15-26(28)27(20-25-21(2)17-19-29-25)18-16-24(22-11-7-5-8-12-22)23-13-9-6-10-14-23/h5-14,17,19,24H,3-4,15-16,18,20H2,1-2H3. The van der Waals surface area contributed by atoms with Crippen molar-refractivity contribution in [1.29, 1.82) is 0 Å². The molecule has 1 heterocycles. The lowest BCUT2D eigenvalue weighted by atomic mass is 9.88. The van der Waals surface area contributed by atoms with Crippen LogP contribution in [0.3, 0.4) is 0 Å². The first-order valence-electron chi connectivity index (χ1n) is 10.6. The lowest BCUT2D eigenvalue weighted by molar-refractivity contribution is -0.132. The molecule has 1 amide bonds. The van der Waals surface area contributed by atoms with Crippen LogP contribution >= 0.6 is 11.3 Å². The van der Waals surface area contributed by atoms with Crippen LogP contribution in [0.2, 0.25) is 0 Å². The lowest BCUT2D eigenvalue weighted by Crippen LogP contribution is -2.32. The van der Waals surface area contributed by atoms with Crippen LogP contribution in [0.4, 0.5) is 0 Å². The van der Waals surface area contributed by atoms with E-state index in [9.17, 15) is 4.79 Å². The van der Waals surface area contributed by atoms with Gasteiger partial charge in [-0.15, -0.1) is 11.3 Å². The number of carbonyl (C=O) groups excluding carboxylic acids is 1. The molecular formula is C26H31NOS. The number of aryl methyl sites for hydroxylation is 1. The zero-order valence-corrected chi connectivity index (χ0v) is 18.3. The topological polar surface area (TPSA) is 20.3 Å². The molecule has 152 valence electrons. The Labute approximate surface area is 179 Å². The number of thiophene rings is 1. The summed E-state index contributed by atoms with van der Waals surface area (Å²) in [5.74, 6) is 0.572. The number of benzene rings is 2. The van der Waals surface area contributed by atoms with Crippen LogP contribution in [0.25, 0.3) is 0 Å². The Bertz CT molecular complexity index is 832. The molecular weight excluding hydrogens is 374 g/mol. The smallest absolute Gasteiger partial charge is 0.222 e. The highest BCUT2D eigenvalue weighted by Gasteiger charge is 2.20. The second-order valence-corrected chi connectivity index (χ2v) is 8.61. The summed E-state index contributed by atoms with van der Waals surface area (Å²) in [6.45, 7) is 5.77. The Morgan fingerprint density at radius 2 is 1.59 bits per heavy atom. The molecule has 1 aromatic heterocycles. The number of unbranched alkanes of at least 4 members (excludes halogenated alkanes) is 1. The molecule has 0 saturated heterocycles. The molecule has 0 atom stereocenters. The van der Waals surface area contributed by atoms with Crippen molar-refractivity contribution in [2.75, 3.05) is 6.54 Å². The zero-order chi connectivity index (χ0) is 20.5. The van der Waals surface area contributed by atoms with Crippen LogP contribution in [0.5, 0.6) is 0 Å². The summed E-state index contributed by atoms with van der Waals surface area (Å²) in [7, 11) is 0. The summed E-state index contributed by atoms with van der Waals surface area (Å²) in [5, 5.41) is 2.12. The minimum Gasteiger partial charge on any atom is -0.338 e. The largest absolute Gasteiger partial charge is 0.338 e. The van der Waals surface area contributed by atoms with E-state index < -0.39 is 0 Å². The molecule has 0 spiro atoms. The summed E-state index contributed by atoms with van der Waals surface area (Å²) < 4.78 is 0. The van der Waals surface area contributed by atoms with Crippen molar-refractivity contribution < 1.29 is 4.79 Å². The molecule has 3 rings (SSSR count). The van der Waals surface area contributed by atoms with Gasteiger partial charge in [0, 0.05) is 23.8 Å². The van der Waals surface area contributed by atoms with Crippen molar-refractivity contribution in [3.63, 3.8) is 0 Å². The molecule has 29 heavy (non-hydrogen) atoms. The molecule has 0 bridgehead atoms. The van der Waals surface area contributed by atoms with Gasteiger partial charge in [-0.2, -0.15) is 0 Å². The van der Waals surface area contributed by atoms with Gasteiger partial charge in [0.05, 0.1) is 6.54 Å². The Kier molecular flexibility index (Phi) is 8.06. The summed E-state index contributed by atoms with van der Waals surface area (Å²) in [4.78, 5) is 16.3. The minimum atomic E-state index is 0.277. The van der Waals surface area contributed by atoms with Gasteiger partial charge in [-0.1, -0.05) is 74.0 Å². The van der Waals surface area contributed by atoms with Gasteiger partial charge >= 0.3 is 0 Å². The molecule has 0 N–H and O–H groups in total. The number of amides is 1. The first kappa shape index (κ1) is 21.3. The zero-order valence-electron chi connectivity index (χ0n) is 17.5. The van der Waals surface area contributed by atoms with E-state index in [1.54, 1.807) is 11.3 Å². The SMILES string of the molecule is CCCCC(=O)N(CCC(c1ccccc1)c1ccccc1)Cc1sccc1C. The van der Waals surface area contributed by atoms with Gasteiger partial charge in [-0.3, -0.25) is 4.79 Å². The highest BCUT2D eigenvalue weighted by atomic mass is 32.1. The first-order valence-corrected chi connectivity index (χ1v) is 11.5. The van der Waals surface area contributed by atoms with Crippen LogP contribution in [0, 0.1) is 6.92 Å². The molecule has 3 heteroatoms. The maximum absolute atomic E-state index is 13.0. The fraction of sp³-hybridized carbons (Fsp3) is 0.346. The highest BCUT2D eigenvalue weighted by molar-refractivity contribution is 7.10. The van der Waals surface area contributed by atoms with Crippen molar-refractivity contribution in [1.82, 2.24) is 4.90 Å². The molecule has 2 nitrogen and oxygen atoms in total. The van der Waals surface area contributed by atoms with Gasteiger partial charge in [-0.25, -0.2) is 0 Å². The second-order valence-electron chi connectivity index (χ2n) is 7.61. The highest BCUT2D eigenvalue weighted by Crippen LogP contribution is 2.29. The van der Waals surface area contributed by atoms with Crippen molar-refractivity contribution in [2.45, 2.75) is 52.0 Å². The van der Waals surface area contributed by atoms with E-state index in [0.717, 1.165) is 32.4 Å². The normalized spacial score (nSPS) is 11.0. The second kappa shape index (κ2) is 11.0. The molecule has 0 fully saturated rings. The third kappa shape index (κ3) is 6.04. The van der Waals surface area contributed by atoms with Gasteiger partial charge < -0.3 is 4.90 Å². The molecule has 3 aromatic rings. The van der Waals surface area contributed by atoms with E-state index in [1.165, 1.54) is 21.6 Å². The van der Waals surface area contributed by atoms with Crippen LogP contribution in [-0.2, 0) is 11.3 Å². The van der Waals surface area contributed by atoms with Crippen LogP contribution in [0.1, 0.15) is 60.1 Å². The summed E-state index contributed by atoms with van der Waals surface area (Å²) in [5.41, 5.74) is 3.91. The van der Waals surface area contributed by atoms with Crippen molar-refractivity contribution in [2.24, 2.45) is 0 Å². The lowest BCUT2D eigenvalue weighted by Gasteiger charge is -2.26. The number of hydrogen-bond donors (Lipinski definition) is 0. The molecule has 0 aliphatic carbocycles. The van der Waals surface area contributed by atoms with Gasteiger partial charge in [0.2, 0.25) is 5.91 Å². The van der Waals surface area contributed by atoms with Crippen molar-refractivity contribution in [3.05, 3.63) is 93.7 Å². The van der Waals surface area contributed by atoms with E-state index in [4.69, 9.17) is 0 Å². The fourth-order valence-electron chi connectivity index (χ4n) is 3.70. The van der Waals surface area contributed by atoms with Crippen LogP contribution in [0.15, 0.2) is 72.1 Å². The third-order valence-corrected chi connectivity index (χ3v) is 6.50. The van der Waals surface area contributed by atoms with Gasteiger partial charge in [-0.05, 0) is 47.9 Å². The van der Waals surface area contributed by atoms with E-state index in [1.807, 2.05) is 0 Å². The molecule has 0 unspecified atom stereocenters. The van der Waals surface area contributed by atoms with Crippen molar-refractivity contribution >= 4 is 17.2 Å². The predicted octanol–water partition coefficient (Wildman–Crippen LogP) is 6.80. The average Bonchev–Trinajstić information content (AvgIpc) is 3.17. The predicted molar refractivity (Wildman–Crippen MR) is 123 cm³/mol. The molecule has 0 aliphatic rings. The average molecular weight is 406 g/mol. The molecule has 0 radical (unpaired) electrons. The quantitative estimate of drug-likeness (QED) is 0.363. The number of hydrogen-bond acceptors (Lipinski definition) is 2. The van der Waals surface area contributed by atoms with Gasteiger partial charge in [0.15, 0.2) is 0 Å². The summed E-state index contributed by atoms with van der Waals surface area (Å²) in [6, 6.07) is 23.5. The molecule has 0 aliphatic heterocycles. The Morgan fingerprint density at radius 1 is 0.966 bits per heavy atom. The molecule has 2 aromatic carbocycles. The van der Waals surface area contributed by atoms with E-state index in [-0.39, 0.29) is 5.91 Å². The first-order chi connectivity index (χ1) is 14.2. The van der Waals surface area contributed by atoms with Crippen LogP contribution in [-0.4, -0.2) is 17.4 Å². The third-order valence-electron chi connectivity index (χ3n) is 5.49. The summed E-state index contributed by atoms with van der Waals surface area (Å²) >= 11 is 1.75. The minimum absolute atomic E-state index is 0.277. The maximum atomic E-state index is 13.0.